The minimum atomic E-state index is -0.463. The van der Waals surface area contributed by atoms with E-state index in [0.29, 0.717) is 5.82 Å². The summed E-state index contributed by atoms with van der Waals surface area (Å²) < 4.78 is 0. The van der Waals surface area contributed by atoms with Crippen LogP contribution in [0.2, 0.25) is 0 Å². The van der Waals surface area contributed by atoms with E-state index in [1.54, 1.807) is 6.20 Å². The zero-order valence-electron chi connectivity index (χ0n) is 15.5. The van der Waals surface area contributed by atoms with E-state index >= 15 is 0 Å². The Morgan fingerprint density at radius 3 is 2.64 bits per heavy atom. The normalized spacial score (nSPS) is 19.8. The fourth-order valence-electron chi connectivity index (χ4n) is 3.72. The Kier molecular flexibility index (Phi) is 5.20. The van der Waals surface area contributed by atoms with E-state index in [0.717, 1.165) is 50.9 Å². The summed E-state index contributed by atoms with van der Waals surface area (Å²) in [6, 6.07) is 4.23. The fourth-order valence-corrected chi connectivity index (χ4v) is 3.72. The summed E-state index contributed by atoms with van der Waals surface area (Å²) in [6.07, 6.45) is 8.23. The third-order valence-corrected chi connectivity index (χ3v) is 5.24. The summed E-state index contributed by atoms with van der Waals surface area (Å²) in [5, 5.41) is 17.5. The predicted octanol–water partition coefficient (Wildman–Crippen LogP) is 2.42. The number of aromatic nitrogens is 3. The molecule has 1 saturated carbocycles. The summed E-state index contributed by atoms with van der Waals surface area (Å²) in [5.41, 5.74) is 6.86. The van der Waals surface area contributed by atoms with Gasteiger partial charge >= 0.3 is 5.69 Å². The Morgan fingerprint density at radius 2 is 2.00 bits per heavy atom. The van der Waals surface area contributed by atoms with Gasteiger partial charge in [0.2, 0.25) is 11.8 Å². The number of nitrogens with zero attached hydrogens (tertiary/aromatic N) is 5. The van der Waals surface area contributed by atoms with Crippen molar-refractivity contribution in [2.75, 3.05) is 28.6 Å². The highest BCUT2D eigenvalue weighted by Gasteiger charge is 2.23. The Hall–Kier alpha value is -3.01. The lowest BCUT2D eigenvalue weighted by molar-refractivity contribution is -0.384. The Balaban J connectivity index is 1.48. The SMILES string of the molecule is NC1CCN(c2ccc(Nc3ncc([N+](=O)[O-])c(NC4CCCC4)n3)nc2)C1. The monoisotopic (exact) mass is 384 g/mol. The maximum atomic E-state index is 11.3. The minimum Gasteiger partial charge on any atom is -0.369 e. The molecule has 3 heterocycles. The van der Waals surface area contributed by atoms with Gasteiger partial charge in [-0.3, -0.25) is 10.1 Å². The number of nitrogens with one attached hydrogen (secondary N) is 2. The summed E-state index contributed by atoms with van der Waals surface area (Å²) in [6.45, 7) is 1.76. The van der Waals surface area contributed by atoms with Crippen LogP contribution in [0.1, 0.15) is 32.1 Å². The molecule has 1 saturated heterocycles. The number of nitro groups is 1. The van der Waals surface area contributed by atoms with Crippen LogP contribution in [0.5, 0.6) is 0 Å². The van der Waals surface area contributed by atoms with E-state index in [1.165, 1.54) is 6.20 Å². The van der Waals surface area contributed by atoms with Crippen molar-refractivity contribution < 1.29 is 4.92 Å². The molecule has 0 spiro atoms. The molecule has 2 aliphatic rings. The van der Waals surface area contributed by atoms with Crippen molar-refractivity contribution in [1.29, 1.82) is 0 Å². The molecule has 10 nitrogen and oxygen atoms in total. The number of anilines is 4. The maximum absolute atomic E-state index is 11.3. The molecule has 148 valence electrons. The van der Waals surface area contributed by atoms with Crippen LogP contribution in [0.4, 0.5) is 29.0 Å². The lowest BCUT2D eigenvalue weighted by Gasteiger charge is -2.17. The zero-order chi connectivity index (χ0) is 19.5. The van der Waals surface area contributed by atoms with Gasteiger partial charge in [0.15, 0.2) is 0 Å². The minimum absolute atomic E-state index is 0.119. The highest BCUT2D eigenvalue weighted by molar-refractivity contribution is 5.60. The maximum Gasteiger partial charge on any atom is 0.329 e. The van der Waals surface area contributed by atoms with Gasteiger partial charge in [-0.2, -0.15) is 4.98 Å². The molecule has 0 aromatic carbocycles. The second-order valence-electron chi connectivity index (χ2n) is 7.33. The third-order valence-electron chi connectivity index (χ3n) is 5.24. The molecule has 1 aliphatic carbocycles. The van der Waals surface area contributed by atoms with E-state index in [1.807, 2.05) is 12.1 Å². The Morgan fingerprint density at radius 1 is 1.18 bits per heavy atom. The number of rotatable bonds is 6. The molecule has 0 bridgehead atoms. The average molecular weight is 384 g/mol. The van der Waals surface area contributed by atoms with Gasteiger partial charge < -0.3 is 21.3 Å². The average Bonchev–Trinajstić information content (AvgIpc) is 3.34. The number of hydrogen-bond acceptors (Lipinski definition) is 9. The number of pyridine rings is 1. The topological polar surface area (TPSA) is 135 Å². The summed E-state index contributed by atoms with van der Waals surface area (Å²) in [7, 11) is 0. The van der Waals surface area contributed by atoms with Gasteiger partial charge in [0, 0.05) is 25.2 Å². The van der Waals surface area contributed by atoms with Crippen LogP contribution in [0.25, 0.3) is 0 Å². The van der Waals surface area contributed by atoms with Gasteiger partial charge in [-0.15, -0.1) is 0 Å². The van der Waals surface area contributed by atoms with Crippen molar-refractivity contribution in [2.45, 2.75) is 44.2 Å². The molecular weight excluding hydrogens is 360 g/mol. The van der Waals surface area contributed by atoms with Crippen molar-refractivity contribution >= 4 is 29.0 Å². The quantitative estimate of drug-likeness (QED) is 0.506. The van der Waals surface area contributed by atoms with Crippen LogP contribution in [0, 0.1) is 10.1 Å². The first-order chi connectivity index (χ1) is 13.6. The molecule has 2 fully saturated rings. The van der Waals surface area contributed by atoms with Crippen LogP contribution >= 0.6 is 0 Å². The molecule has 28 heavy (non-hydrogen) atoms. The lowest BCUT2D eigenvalue weighted by Crippen LogP contribution is -2.26. The zero-order valence-corrected chi connectivity index (χ0v) is 15.5. The first-order valence-electron chi connectivity index (χ1n) is 9.60. The van der Waals surface area contributed by atoms with E-state index in [4.69, 9.17) is 5.73 Å². The molecule has 4 rings (SSSR count). The van der Waals surface area contributed by atoms with Gasteiger partial charge in [0.1, 0.15) is 12.0 Å². The molecule has 2 aromatic heterocycles. The largest absolute Gasteiger partial charge is 0.369 e. The molecule has 1 aliphatic heterocycles. The molecule has 1 unspecified atom stereocenters. The predicted molar refractivity (Wildman–Crippen MR) is 107 cm³/mol. The van der Waals surface area contributed by atoms with E-state index in [2.05, 4.69) is 30.5 Å². The molecule has 4 N–H and O–H groups in total. The highest BCUT2D eigenvalue weighted by atomic mass is 16.6. The van der Waals surface area contributed by atoms with Crippen LogP contribution in [0.3, 0.4) is 0 Å². The first-order valence-corrected chi connectivity index (χ1v) is 9.60. The molecule has 0 amide bonds. The molecular formula is C18H24N8O2. The highest BCUT2D eigenvalue weighted by Crippen LogP contribution is 2.28. The van der Waals surface area contributed by atoms with Gasteiger partial charge in [-0.25, -0.2) is 9.97 Å². The first kappa shape index (κ1) is 18.4. The smallest absolute Gasteiger partial charge is 0.329 e. The second kappa shape index (κ2) is 7.93. The van der Waals surface area contributed by atoms with Crippen molar-refractivity contribution in [3.05, 3.63) is 34.6 Å². The van der Waals surface area contributed by atoms with E-state index in [9.17, 15) is 10.1 Å². The van der Waals surface area contributed by atoms with Crippen LogP contribution in [0.15, 0.2) is 24.5 Å². The lowest BCUT2D eigenvalue weighted by atomic mass is 10.2. The van der Waals surface area contributed by atoms with E-state index in [-0.39, 0.29) is 29.5 Å². The third kappa shape index (κ3) is 4.11. The van der Waals surface area contributed by atoms with E-state index < -0.39 is 4.92 Å². The summed E-state index contributed by atoms with van der Waals surface area (Å²) in [5.74, 6) is 1.10. The van der Waals surface area contributed by atoms with Crippen molar-refractivity contribution in [3.63, 3.8) is 0 Å². The molecule has 10 heteroatoms. The van der Waals surface area contributed by atoms with Gasteiger partial charge in [0.25, 0.3) is 0 Å². The standard InChI is InChI=1S/C18H24N8O2/c19-12-7-8-25(11-12)14-5-6-16(20-9-14)23-18-21-10-15(26(27)28)17(24-18)22-13-3-1-2-4-13/h5-6,9-10,12-13H,1-4,7-8,11,19H2,(H2,20,21,22,23,24). The Labute approximate surface area is 162 Å². The second-order valence-corrected chi connectivity index (χ2v) is 7.33. The van der Waals surface area contributed by atoms with Crippen LogP contribution < -0.4 is 21.3 Å². The van der Waals surface area contributed by atoms with Crippen molar-refractivity contribution in [3.8, 4) is 0 Å². The van der Waals surface area contributed by atoms with Gasteiger partial charge in [0.05, 0.1) is 16.8 Å². The summed E-state index contributed by atoms with van der Waals surface area (Å²) in [4.78, 5) is 25.8. The molecule has 0 radical (unpaired) electrons. The van der Waals surface area contributed by atoms with Gasteiger partial charge in [-0.05, 0) is 31.4 Å². The van der Waals surface area contributed by atoms with Crippen molar-refractivity contribution in [1.82, 2.24) is 15.0 Å². The number of hydrogen-bond donors (Lipinski definition) is 3. The molecule has 2 aromatic rings. The summed E-state index contributed by atoms with van der Waals surface area (Å²) >= 11 is 0. The van der Waals surface area contributed by atoms with Crippen molar-refractivity contribution in [2.24, 2.45) is 5.73 Å². The van der Waals surface area contributed by atoms with Crippen LogP contribution in [-0.4, -0.2) is 45.0 Å². The molecule has 1 atom stereocenters. The Bertz CT molecular complexity index is 838. The fraction of sp³-hybridized carbons (Fsp3) is 0.500. The van der Waals surface area contributed by atoms with Crippen LogP contribution in [-0.2, 0) is 0 Å². The van der Waals surface area contributed by atoms with Gasteiger partial charge in [-0.1, -0.05) is 12.8 Å². The number of nitrogens with two attached hydrogens (primary N) is 1.